The van der Waals surface area contributed by atoms with Gasteiger partial charge in [0.05, 0.1) is 13.3 Å². The first kappa shape index (κ1) is 16.2. The highest BCUT2D eigenvalue weighted by molar-refractivity contribution is 7.15. The third kappa shape index (κ3) is 3.27. The SMILES string of the molecule is COc1ccc(Cc2cnc(NC(=O)c3cnn4cccnc34)s2)cc1. The number of hydrogen-bond acceptors (Lipinski definition) is 6. The first-order valence-electron chi connectivity index (χ1n) is 7.90. The minimum absolute atomic E-state index is 0.274. The third-order valence-electron chi connectivity index (χ3n) is 3.84. The van der Waals surface area contributed by atoms with E-state index < -0.39 is 0 Å². The van der Waals surface area contributed by atoms with E-state index in [1.54, 1.807) is 36.3 Å². The van der Waals surface area contributed by atoms with E-state index in [2.05, 4.69) is 20.4 Å². The van der Waals surface area contributed by atoms with Crippen LogP contribution < -0.4 is 10.1 Å². The molecule has 0 aliphatic heterocycles. The van der Waals surface area contributed by atoms with Gasteiger partial charge in [-0.05, 0) is 23.8 Å². The quantitative estimate of drug-likeness (QED) is 0.588. The number of amides is 1. The molecule has 0 radical (unpaired) electrons. The Kier molecular flexibility index (Phi) is 4.32. The number of rotatable bonds is 5. The molecule has 4 aromatic rings. The van der Waals surface area contributed by atoms with Gasteiger partial charge in [-0.3, -0.25) is 10.1 Å². The molecule has 8 heteroatoms. The molecule has 0 saturated carbocycles. The molecule has 7 nitrogen and oxygen atoms in total. The van der Waals surface area contributed by atoms with Gasteiger partial charge in [-0.25, -0.2) is 14.5 Å². The fourth-order valence-corrected chi connectivity index (χ4v) is 3.39. The fourth-order valence-electron chi connectivity index (χ4n) is 2.54. The fraction of sp³-hybridized carbons (Fsp3) is 0.111. The molecule has 0 bridgehead atoms. The number of nitrogens with one attached hydrogen (secondary N) is 1. The predicted molar refractivity (Wildman–Crippen MR) is 98.9 cm³/mol. The van der Waals surface area contributed by atoms with Gasteiger partial charge in [0.2, 0.25) is 0 Å². The Morgan fingerprint density at radius 1 is 1.23 bits per heavy atom. The van der Waals surface area contributed by atoms with E-state index in [1.807, 2.05) is 24.3 Å². The van der Waals surface area contributed by atoms with Gasteiger partial charge >= 0.3 is 0 Å². The van der Waals surface area contributed by atoms with Gasteiger partial charge in [-0.2, -0.15) is 5.10 Å². The van der Waals surface area contributed by atoms with Gasteiger partial charge in [0.25, 0.3) is 5.91 Å². The summed E-state index contributed by atoms with van der Waals surface area (Å²) in [7, 11) is 1.65. The van der Waals surface area contributed by atoms with Crippen LogP contribution in [0.5, 0.6) is 5.75 Å². The van der Waals surface area contributed by atoms with Crippen LogP contribution in [0, 0.1) is 0 Å². The summed E-state index contributed by atoms with van der Waals surface area (Å²) in [5, 5.41) is 7.49. The molecule has 26 heavy (non-hydrogen) atoms. The highest BCUT2D eigenvalue weighted by atomic mass is 32.1. The van der Waals surface area contributed by atoms with Crippen LogP contribution in [-0.2, 0) is 6.42 Å². The van der Waals surface area contributed by atoms with Crippen molar-refractivity contribution in [2.45, 2.75) is 6.42 Å². The maximum absolute atomic E-state index is 12.5. The number of ether oxygens (including phenoxy) is 1. The Balaban J connectivity index is 1.46. The van der Waals surface area contributed by atoms with E-state index in [0.717, 1.165) is 22.6 Å². The van der Waals surface area contributed by atoms with Crippen molar-refractivity contribution in [1.29, 1.82) is 0 Å². The van der Waals surface area contributed by atoms with Crippen molar-refractivity contribution in [3.63, 3.8) is 0 Å². The summed E-state index contributed by atoms with van der Waals surface area (Å²) in [5.41, 5.74) is 2.08. The second-order valence-electron chi connectivity index (χ2n) is 5.56. The van der Waals surface area contributed by atoms with E-state index in [-0.39, 0.29) is 5.91 Å². The Morgan fingerprint density at radius 2 is 2.08 bits per heavy atom. The first-order valence-corrected chi connectivity index (χ1v) is 8.72. The minimum Gasteiger partial charge on any atom is -0.497 e. The minimum atomic E-state index is -0.274. The van der Waals surface area contributed by atoms with Crippen LogP contribution in [-0.4, -0.2) is 32.6 Å². The van der Waals surface area contributed by atoms with E-state index in [4.69, 9.17) is 4.74 Å². The van der Waals surface area contributed by atoms with Crippen molar-refractivity contribution in [3.8, 4) is 5.75 Å². The van der Waals surface area contributed by atoms with Crippen molar-refractivity contribution >= 4 is 28.0 Å². The van der Waals surface area contributed by atoms with Crippen LogP contribution >= 0.6 is 11.3 Å². The summed E-state index contributed by atoms with van der Waals surface area (Å²) in [4.78, 5) is 22.0. The average Bonchev–Trinajstić information content (AvgIpc) is 3.29. The third-order valence-corrected chi connectivity index (χ3v) is 4.75. The largest absolute Gasteiger partial charge is 0.497 e. The van der Waals surface area contributed by atoms with Crippen molar-refractivity contribution < 1.29 is 9.53 Å². The number of fused-ring (bicyclic) bond motifs is 1. The Hall–Kier alpha value is -3.26. The Labute approximate surface area is 153 Å². The number of nitrogens with zero attached hydrogens (tertiary/aromatic N) is 4. The summed E-state index contributed by atoms with van der Waals surface area (Å²) < 4.78 is 6.73. The highest BCUT2D eigenvalue weighted by Gasteiger charge is 2.15. The summed E-state index contributed by atoms with van der Waals surface area (Å²) >= 11 is 1.45. The lowest BCUT2D eigenvalue weighted by Gasteiger charge is -2.01. The van der Waals surface area contributed by atoms with Crippen LogP contribution in [0.15, 0.2) is 55.1 Å². The van der Waals surface area contributed by atoms with Gasteiger partial charge < -0.3 is 4.74 Å². The van der Waals surface area contributed by atoms with Gasteiger partial charge in [-0.15, -0.1) is 11.3 Å². The second-order valence-corrected chi connectivity index (χ2v) is 6.67. The van der Waals surface area contributed by atoms with Gasteiger partial charge in [0.1, 0.15) is 11.3 Å². The zero-order valence-corrected chi connectivity index (χ0v) is 14.7. The first-order chi connectivity index (χ1) is 12.7. The smallest absolute Gasteiger partial charge is 0.262 e. The van der Waals surface area contributed by atoms with Crippen molar-refractivity contribution in [3.05, 3.63) is 71.1 Å². The Bertz CT molecular complexity index is 1050. The molecule has 4 rings (SSSR count). The number of benzene rings is 1. The number of thiazole rings is 1. The van der Waals surface area contributed by atoms with Gasteiger partial charge in [-0.1, -0.05) is 12.1 Å². The lowest BCUT2D eigenvalue weighted by atomic mass is 10.1. The summed E-state index contributed by atoms with van der Waals surface area (Å²) in [5.74, 6) is 0.553. The number of hydrogen-bond donors (Lipinski definition) is 1. The Morgan fingerprint density at radius 3 is 2.88 bits per heavy atom. The van der Waals surface area contributed by atoms with Crippen molar-refractivity contribution in [2.75, 3.05) is 12.4 Å². The number of anilines is 1. The lowest BCUT2D eigenvalue weighted by molar-refractivity contribution is 0.102. The molecule has 1 N–H and O–H groups in total. The molecule has 3 aromatic heterocycles. The molecule has 1 aromatic carbocycles. The van der Waals surface area contributed by atoms with Crippen LogP contribution in [0.1, 0.15) is 20.8 Å². The van der Waals surface area contributed by atoms with Gasteiger partial charge in [0.15, 0.2) is 10.8 Å². The summed E-state index contributed by atoms with van der Waals surface area (Å²) in [6, 6.07) is 9.64. The van der Waals surface area contributed by atoms with E-state index in [1.165, 1.54) is 17.5 Å². The van der Waals surface area contributed by atoms with E-state index >= 15 is 0 Å². The van der Waals surface area contributed by atoms with Crippen LogP contribution in [0.2, 0.25) is 0 Å². The lowest BCUT2D eigenvalue weighted by Crippen LogP contribution is -2.11. The van der Waals surface area contributed by atoms with E-state index in [9.17, 15) is 4.79 Å². The molecule has 1 amide bonds. The average molecular weight is 365 g/mol. The molecular weight excluding hydrogens is 350 g/mol. The molecule has 130 valence electrons. The number of aromatic nitrogens is 4. The van der Waals surface area contributed by atoms with Crippen molar-refractivity contribution in [1.82, 2.24) is 19.6 Å². The topological polar surface area (TPSA) is 81.4 Å². The number of carbonyl (C=O) groups is 1. The summed E-state index contributed by atoms with van der Waals surface area (Å²) in [6.45, 7) is 0. The molecule has 3 heterocycles. The van der Waals surface area contributed by atoms with Crippen LogP contribution in [0.3, 0.4) is 0 Å². The van der Waals surface area contributed by atoms with Gasteiger partial charge in [0, 0.05) is 29.9 Å². The molecule has 0 fully saturated rings. The zero-order chi connectivity index (χ0) is 17.9. The van der Waals surface area contributed by atoms with Crippen LogP contribution in [0.25, 0.3) is 5.65 Å². The molecule has 0 saturated heterocycles. The summed E-state index contributed by atoms with van der Waals surface area (Å²) in [6.07, 6.45) is 7.40. The highest BCUT2D eigenvalue weighted by Crippen LogP contribution is 2.23. The molecule has 0 spiro atoms. The van der Waals surface area contributed by atoms with Crippen molar-refractivity contribution in [2.24, 2.45) is 0 Å². The molecular formula is C18H15N5O2S. The predicted octanol–water partition coefficient (Wildman–Crippen LogP) is 3.04. The molecule has 0 aliphatic carbocycles. The van der Waals surface area contributed by atoms with Crippen LogP contribution in [0.4, 0.5) is 5.13 Å². The number of carbonyl (C=O) groups excluding carboxylic acids is 1. The molecule has 0 unspecified atom stereocenters. The zero-order valence-electron chi connectivity index (χ0n) is 13.9. The maximum atomic E-state index is 12.5. The molecule has 0 aliphatic rings. The number of methoxy groups -OCH3 is 1. The monoisotopic (exact) mass is 365 g/mol. The molecule has 0 atom stereocenters. The second kappa shape index (κ2) is 6.93. The standard InChI is InChI=1S/C18H15N5O2S/c1-25-13-5-3-12(4-6-13)9-14-10-20-18(26-14)22-17(24)15-11-21-23-8-2-7-19-16(15)23/h2-8,10-11H,9H2,1H3,(H,20,22,24). The maximum Gasteiger partial charge on any atom is 0.262 e. The normalized spacial score (nSPS) is 10.8. The van der Waals surface area contributed by atoms with E-state index in [0.29, 0.717) is 16.3 Å².